The quantitative estimate of drug-likeness (QED) is 0.820. The molecule has 1 aromatic rings. The SMILES string of the molecule is COC(=O)C1(NS(=O)(=O)c2ccc(Br)cc2)CCCCC1. The number of carbonyl (C=O) groups is 1. The number of methoxy groups -OCH3 is 1. The van der Waals surface area contributed by atoms with E-state index in [0.717, 1.165) is 23.7 Å². The van der Waals surface area contributed by atoms with Gasteiger partial charge in [-0.05, 0) is 37.1 Å². The number of rotatable bonds is 4. The summed E-state index contributed by atoms with van der Waals surface area (Å²) in [6.45, 7) is 0. The predicted octanol–water partition coefficient (Wildman–Crippen LogP) is 2.60. The molecule has 0 unspecified atom stereocenters. The summed E-state index contributed by atoms with van der Waals surface area (Å²) in [5.74, 6) is -0.511. The van der Waals surface area contributed by atoms with Crippen LogP contribution in [0.5, 0.6) is 0 Å². The van der Waals surface area contributed by atoms with Crippen molar-refractivity contribution in [3.63, 3.8) is 0 Å². The Hall–Kier alpha value is -0.920. The van der Waals surface area contributed by atoms with E-state index < -0.39 is 21.5 Å². The van der Waals surface area contributed by atoms with Gasteiger partial charge in [0.1, 0.15) is 5.54 Å². The first-order valence-electron chi connectivity index (χ1n) is 6.78. The van der Waals surface area contributed by atoms with Crippen molar-refractivity contribution in [3.05, 3.63) is 28.7 Å². The van der Waals surface area contributed by atoms with Crippen LogP contribution in [-0.2, 0) is 19.6 Å². The predicted molar refractivity (Wildman–Crippen MR) is 82.3 cm³/mol. The van der Waals surface area contributed by atoms with Crippen molar-refractivity contribution in [3.8, 4) is 0 Å². The number of hydrogen-bond acceptors (Lipinski definition) is 4. The molecule has 0 spiro atoms. The molecule has 0 radical (unpaired) electrons. The molecule has 0 atom stereocenters. The summed E-state index contributed by atoms with van der Waals surface area (Å²) in [6.07, 6.45) is 3.54. The van der Waals surface area contributed by atoms with E-state index in [1.54, 1.807) is 12.1 Å². The van der Waals surface area contributed by atoms with Gasteiger partial charge in [-0.1, -0.05) is 35.2 Å². The highest BCUT2D eigenvalue weighted by Gasteiger charge is 2.44. The molecule has 116 valence electrons. The van der Waals surface area contributed by atoms with E-state index in [-0.39, 0.29) is 4.90 Å². The highest BCUT2D eigenvalue weighted by atomic mass is 79.9. The molecule has 0 bridgehead atoms. The number of nitrogens with one attached hydrogen (secondary N) is 1. The Morgan fingerprint density at radius 1 is 1.19 bits per heavy atom. The summed E-state index contributed by atoms with van der Waals surface area (Å²) < 4.78 is 33.2. The Bertz CT molecular complexity index is 606. The van der Waals surface area contributed by atoms with Crippen LogP contribution in [0.3, 0.4) is 0 Å². The lowest BCUT2D eigenvalue weighted by molar-refractivity contribution is -0.149. The second kappa shape index (κ2) is 6.46. The van der Waals surface area contributed by atoms with Gasteiger partial charge in [0.15, 0.2) is 0 Å². The zero-order valence-corrected chi connectivity index (χ0v) is 14.2. The van der Waals surface area contributed by atoms with Gasteiger partial charge in [-0.2, -0.15) is 4.72 Å². The summed E-state index contributed by atoms with van der Waals surface area (Å²) in [7, 11) is -2.48. The molecular formula is C14H18BrNO4S. The van der Waals surface area contributed by atoms with E-state index in [1.807, 2.05) is 0 Å². The van der Waals surface area contributed by atoms with Crippen LogP contribution in [0.1, 0.15) is 32.1 Å². The van der Waals surface area contributed by atoms with Gasteiger partial charge < -0.3 is 4.74 Å². The molecule has 5 nitrogen and oxygen atoms in total. The summed E-state index contributed by atoms with van der Waals surface area (Å²) in [5, 5.41) is 0. The lowest BCUT2D eigenvalue weighted by Crippen LogP contribution is -2.55. The Kier molecular flexibility index (Phi) is 5.06. The summed E-state index contributed by atoms with van der Waals surface area (Å²) in [4.78, 5) is 12.2. The van der Waals surface area contributed by atoms with Crippen molar-refractivity contribution in [1.82, 2.24) is 4.72 Å². The third-order valence-electron chi connectivity index (χ3n) is 3.74. The van der Waals surface area contributed by atoms with Crippen LogP contribution in [0.15, 0.2) is 33.6 Å². The van der Waals surface area contributed by atoms with Crippen LogP contribution in [0.4, 0.5) is 0 Å². The molecule has 0 heterocycles. The zero-order chi connectivity index (χ0) is 15.5. The zero-order valence-electron chi connectivity index (χ0n) is 11.8. The number of hydrogen-bond donors (Lipinski definition) is 1. The van der Waals surface area contributed by atoms with Gasteiger partial charge in [0, 0.05) is 4.47 Å². The van der Waals surface area contributed by atoms with Gasteiger partial charge in [0.25, 0.3) is 0 Å². The van der Waals surface area contributed by atoms with Crippen molar-refractivity contribution in [1.29, 1.82) is 0 Å². The number of esters is 1. The van der Waals surface area contributed by atoms with Crippen LogP contribution >= 0.6 is 15.9 Å². The summed E-state index contributed by atoms with van der Waals surface area (Å²) in [5.41, 5.74) is -1.14. The molecule has 1 aliphatic rings. The van der Waals surface area contributed by atoms with E-state index in [9.17, 15) is 13.2 Å². The Morgan fingerprint density at radius 2 is 1.76 bits per heavy atom. The van der Waals surface area contributed by atoms with Crippen molar-refractivity contribution < 1.29 is 17.9 Å². The maximum Gasteiger partial charge on any atom is 0.327 e. The van der Waals surface area contributed by atoms with Gasteiger partial charge >= 0.3 is 5.97 Å². The topological polar surface area (TPSA) is 72.5 Å². The molecule has 0 amide bonds. The van der Waals surface area contributed by atoms with Crippen LogP contribution in [0.2, 0.25) is 0 Å². The highest BCUT2D eigenvalue weighted by molar-refractivity contribution is 9.10. The standard InChI is InChI=1S/C14H18BrNO4S/c1-20-13(17)14(9-3-2-4-10-14)16-21(18,19)12-7-5-11(15)6-8-12/h5-8,16H,2-4,9-10H2,1H3. The van der Waals surface area contributed by atoms with Gasteiger partial charge in [-0.25, -0.2) is 8.42 Å². The largest absolute Gasteiger partial charge is 0.468 e. The minimum Gasteiger partial charge on any atom is -0.468 e. The number of benzene rings is 1. The van der Waals surface area contributed by atoms with Crippen LogP contribution in [0, 0.1) is 0 Å². The average Bonchev–Trinajstić information content (AvgIpc) is 2.47. The smallest absolute Gasteiger partial charge is 0.327 e. The minimum atomic E-state index is -3.76. The Balaban J connectivity index is 2.31. The Labute approximate surface area is 133 Å². The minimum absolute atomic E-state index is 0.138. The van der Waals surface area contributed by atoms with E-state index >= 15 is 0 Å². The maximum absolute atomic E-state index is 12.5. The normalized spacial score (nSPS) is 18.2. The maximum atomic E-state index is 12.5. The number of halogens is 1. The van der Waals surface area contributed by atoms with E-state index in [0.29, 0.717) is 12.8 Å². The average molecular weight is 376 g/mol. The number of carbonyl (C=O) groups excluding carboxylic acids is 1. The van der Waals surface area contributed by atoms with Crippen molar-refractivity contribution in [2.24, 2.45) is 0 Å². The van der Waals surface area contributed by atoms with E-state index in [2.05, 4.69) is 20.7 Å². The molecule has 0 aliphatic heterocycles. The lowest BCUT2D eigenvalue weighted by Gasteiger charge is -2.34. The first kappa shape index (κ1) is 16.5. The molecule has 2 rings (SSSR count). The first-order valence-corrected chi connectivity index (χ1v) is 9.05. The van der Waals surface area contributed by atoms with Gasteiger partial charge in [-0.15, -0.1) is 0 Å². The third-order valence-corrected chi connectivity index (χ3v) is 5.82. The van der Waals surface area contributed by atoms with Crippen LogP contribution in [-0.4, -0.2) is 27.0 Å². The molecule has 0 saturated heterocycles. The van der Waals surface area contributed by atoms with Crippen molar-refractivity contribution in [2.75, 3.05) is 7.11 Å². The number of ether oxygens (including phenoxy) is 1. The Morgan fingerprint density at radius 3 is 2.29 bits per heavy atom. The molecule has 1 fully saturated rings. The second-order valence-corrected chi connectivity index (χ2v) is 7.79. The summed E-state index contributed by atoms with van der Waals surface area (Å²) in [6, 6.07) is 6.31. The number of sulfonamides is 1. The third kappa shape index (κ3) is 3.64. The second-order valence-electron chi connectivity index (χ2n) is 5.19. The molecule has 7 heteroatoms. The van der Waals surface area contributed by atoms with Gasteiger partial charge in [-0.3, -0.25) is 4.79 Å². The fourth-order valence-electron chi connectivity index (χ4n) is 2.63. The van der Waals surface area contributed by atoms with Crippen molar-refractivity contribution in [2.45, 2.75) is 42.5 Å². The fourth-order valence-corrected chi connectivity index (χ4v) is 4.31. The molecule has 21 heavy (non-hydrogen) atoms. The van der Waals surface area contributed by atoms with Gasteiger partial charge in [0.05, 0.1) is 12.0 Å². The van der Waals surface area contributed by atoms with Crippen LogP contribution < -0.4 is 4.72 Å². The molecule has 1 saturated carbocycles. The molecule has 1 aliphatic carbocycles. The molecule has 1 N–H and O–H groups in total. The monoisotopic (exact) mass is 375 g/mol. The lowest BCUT2D eigenvalue weighted by atomic mass is 9.83. The highest BCUT2D eigenvalue weighted by Crippen LogP contribution is 2.31. The van der Waals surface area contributed by atoms with E-state index in [4.69, 9.17) is 4.74 Å². The molecule has 0 aromatic heterocycles. The molecule has 1 aromatic carbocycles. The first-order chi connectivity index (χ1) is 9.89. The van der Waals surface area contributed by atoms with Crippen molar-refractivity contribution >= 4 is 31.9 Å². The molecular weight excluding hydrogens is 358 g/mol. The van der Waals surface area contributed by atoms with Crippen LogP contribution in [0.25, 0.3) is 0 Å². The fraction of sp³-hybridized carbons (Fsp3) is 0.500. The van der Waals surface area contributed by atoms with Gasteiger partial charge in [0.2, 0.25) is 10.0 Å². The summed E-state index contributed by atoms with van der Waals surface area (Å²) >= 11 is 3.27. The van der Waals surface area contributed by atoms with E-state index in [1.165, 1.54) is 19.2 Å².